The summed E-state index contributed by atoms with van der Waals surface area (Å²) in [5.74, 6) is 0.843. The van der Waals surface area contributed by atoms with Gasteiger partial charge < -0.3 is 15.8 Å². The summed E-state index contributed by atoms with van der Waals surface area (Å²) in [6.45, 7) is 0.655. The Morgan fingerprint density at radius 2 is 2.14 bits per heavy atom. The molecule has 2 aromatic carbocycles. The van der Waals surface area contributed by atoms with Crippen molar-refractivity contribution < 1.29 is 9.53 Å². The Morgan fingerprint density at radius 3 is 2.90 bits per heavy atom. The summed E-state index contributed by atoms with van der Waals surface area (Å²) >= 11 is 0. The Labute approximate surface area is 123 Å². The molecular formula is C17H18N2O2. The number of benzene rings is 2. The van der Waals surface area contributed by atoms with Gasteiger partial charge in [-0.05, 0) is 35.7 Å². The highest BCUT2D eigenvalue weighted by Gasteiger charge is 2.25. The summed E-state index contributed by atoms with van der Waals surface area (Å²) < 4.78 is 5.14. The zero-order chi connectivity index (χ0) is 14.8. The Hall–Kier alpha value is -2.49. The number of carbonyl (C=O) groups excluding carboxylic acids is 1. The molecule has 1 amide bonds. The maximum atomic E-state index is 12.2. The molecule has 0 spiro atoms. The van der Waals surface area contributed by atoms with Crippen molar-refractivity contribution in [2.75, 3.05) is 19.4 Å². The molecular weight excluding hydrogens is 264 g/mol. The molecule has 0 radical (unpaired) electrons. The van der Waals surface area contributed by atoms with Crippen molar-refractivity contribution in [3.05, 3.63) is 59.2 Å². The zero-order valence-electron chi connectivity index (χ0n) is 11.9. The number of rotatable bonds is 4. The average molecular weight is 282 g/mol. The van der Waals surface area contributed by atoms with E-state index in [1.165, 1.54) is 11.1 Å². The van der Waals surface area contributed by atoms with Crippen molar-refractivity contribution >= 4 is 11.6 Å². The Kier molecular flexibility index (Phi) is 3.52. The minimum atomic E-state index is -0.0994. The van der Waals surface area contributed by atoms with E-state index in [2.05, 4.69) is 17.4 Å². The van der Waals surface area contributed by atoms with Gasteiger partial charge in [-0.3, -0.25) is 4.79 Å². The highest BCUT2D eigenvalue weighted by atomic mass is 16.5. The van der Waals surface area contributed by atoms with Gasteiger partial charge in [0.15, 0.2) is 0 Å². The number of fused-ring (bicyclic) bond motifs is 1. The fourth-order valence-corrected chi connectivity index (χ4v) is 2.72. The summed E-state index contributed by atoms with van der Waals surface area (Å²) in [6.07, 6.45) is 1.03. The largest absolute Gasteiger partial charge is 0.495 e. The van der Waals surface area contributed by atoms with Gasteiger partial charge in [0.05, 0.1) is 12.8 Å². The minimum absolute atomic E-state index is 0.0994. The number of carbonyl (C=O) groups is 1. The Bertz CT molecular complexity index is 682. The molecule has 108 valence electrons. The zero-order valence-corrected chi connectivity index (χ0v) is 11.9. The van der Waals surface area contributed by atoms with Crippen molar-refractivity contribution in [2.45, 2.75) is 12.3 Å². The molecule has 3 rings (SSSR count). The number of nitrogen functional groups attached to an aromatic ring is 1. The van der Waals surface area contributed by atoms with Crippen LogP contribution in [0.25, 0.3) is 0 Å². The second kappa shape index (κ2) is 5.48. The SMILES string of the molecule is COc1cc(C(=O)NCC2Cc3ccccc32)ccc1N. The van der Waals surface area contributed by atoms with Crippen LogP contribution in [0.3, 0.4) is 0 Å². The lowest BCUT2D eigenvalue weighted by molar-refractivity contribution is 0.0949. The van der Waals surface area contributed by atoms with E-state index in [0.717, 1.165) is 6.42 Å². The summed E-state index contributed by atoms with van der Waals surface area (Å²) in [6, 6.07) is 13.4. The maximum Gasteiger partial charge on any atom is 0.251 e. The van der Waals surface area contributed by atoms with E-state index in [4.69, 9.17) is 10.5 Å². The van der Waals surface area contributed by atoms with Crippen LogP contribution in [0.15, 0.2) is 42.5 Å². The first-order chi connectivity index (χ1) is 10.2. The fourth-order valence-electron chi connectivity index (χ4n) is 2.72. The molecule has 0 bridgehead atoms. The lowest BCUT2D eigenvalue weighted by atomic mass is 9.77. The van der Waals surface area contributed by atoms with Crippen LogP contribution in [0.1, 0.15) is 27.4 Å². The van der Waals surface area contributed by atoms with Crippen LogP contribution in [0, 0.1) is 0 Å². The van der Waals surface area contributed by atoms with Crippen molar-refractivity contribution in [2.24, 2.45) is 0 Å². The van der Waals surface area contributed by atoms with Gasteiger partial charge in [-0.2, -0.15) is 0 Å². The molecule has 0 saturated heterocycles. The van der Waals surface area contributed by atoms with E-state index in [9.17, 15) is 4.79 Å². The highest BCUT2D eigenvalue weighted by molar-refractivity contribution is 5.95. The number of anilines is 1. The van der Waals surface area contributed by atoms with E-state index in [0.29, 0.717) is 29.5 Å². The van der Waals surface area contributed by atoms with Gasteiger partial charge in [0.2, 0.25) is 0 Å². The summed E-state index contributed by atoms with van der Waals surface area (Å²) in [7, 11) is 1.54. The molecule has 0 heterocycles. The van der Waals surface area contributed by atoms with Crippen LogP contribution >= 0.6 is 0 Å². The van der Waals surface area contributed by atoms with E-state index in [1.807, 2.05) is 12.1 Å². The first-order valence-corrected chi connectivity index (χ1v) is 6.98. The third kappa shape index (κ3) is 2.57. The number of hydrogen-bond donors (Lipinski definition) is 2. The van der Waals surface area contributed by atoms with Crippen molar-refractivity contribution in [1.29, 1.82) is 0 Å². The van der Waals surface area contributed by atoms with Crippen molar-refractivity contribution in [3.8, 4) is 5.75 Å². The van der Waals surface area contributed by atoms with E-state index < -0.39 is 0 Å². The predicted molar refractivity (Wildman–Crippen MR) is 82.6 cm³/mol. The lowest BCUT2D eigenvalue weighted by Gasteiger charge is -2.30. The fraction of sp³-hybridized carbons (Fsp3) is 0.235. The number of nitrogens with two attached hydrogens (primary N) is 1. The van der Waals surface area contributed by atoms with Gasteiger partial charge in [-0.15, -0.1) is 0 Å². The van der Waals surface area contributed by atoms with Crippen LogP contribution in [0.4, 0.5) is 5.69 Å². The van der Waals surface area contributed by atoms with E-state index in [-0.39, 0.29) is 5.91 Å². The number of amides is 1. The van der Waals surface area contributed by atoms with Crippen LogP contribution in [-0.2, 0) is 6.42 Å². The standard InChI is InChI=1S/C17H18N2O2/c1-21-16-9-12(6-7-15(16)18)17(20)19-10-13-8-11-4-2-3-5-14(11)13/h2-7,9,13H,8,10,18H2,1H3,(H,19,20). The second-order valence-electron chi connectivity index (χ2n) is 5.27. The molecule has 0 fully saturated rings. The van der Waals surface area contributed by atoms with Gasteiger partial charge in [-0.1, -0.05) is 24.3 Å². The van der Waals surface area contributed by atoms with Crippen molar-refractivity contribution in [3.63, 3.8) is 0 Å². The maximum absolute atomic E-state index is 12.2. The highest BCUT2D eigenvalue weighted by Crippen LogP contribution is 2.34. The number of nitrogens with one attached hydrogen (secondary N) is 1. The molecule has 1 unspecified atom stereocenters. The first-order valence-electron chi connectivity index (χ1n) is 6.98. The topological polar surface area (TPSA) is 64.3 Å². The van der Waals surface area contributed by atoms with Crippen LogP contribution in [0.5, 0.6) is 5.75 Å². The quantitative estimate of drug-likeness (QED) is 0.846. The van der Waals surface area contributed by atoms with Crippen LogP contribution < -0.4 is 15.8 Å². The smallest absolute Gasteiger partial charge is 0.251 e. The monoisotopic (exact) mass is 282 g/mol. The predicted octanol–water partition coefficient (Wildman–Crippen LogP) is 2.35. The molecule has 4 nitrogen and oxygen atoms in total. The van der Waals surface area contributed by atoms with Crippen molar-refractivity contribution in [1.82, 2.24) is 5.32 Å². The Morgan fingerprint density at radius 1 is 1.33 bits per heavy atom. The van der Waals surface area contributed by atoms with Crippen LogP contribution in [-0.4, -0.2) is 19.6 Å². The van der Waals surface area contributed by atoms with E-state index in [1.54, 1.807) is 25.3 Å². The van der Waals surface area contributed by atoms with Crippen LogP contribution in [0.2, 0.25) is 0 Å². The third-order valence-corrected chi connectivity index (χ3v) is 3.97. The molecule has 2 aromatic rings. The van der Waals surface area contributed by atoms with Gasteiger partial charge >= 0.3 is 0 Å². The number of methoxy groups -OCH3 is 1. The molecule has 0 aromatic heterocycles. The molecule has 1 aliphatic rings. The summed E-state index contributed by atoms with van der Waals surface area (Å²) in [4.78, 5) is 12.2. The average Bonchev–Trinajstić information content (AvgIpc) is 2.48. The van der Waals surface area contributed by atoms with Gasteiger partial charge in [0.1, 0.15) is 5.75 Å². The lowest BCUT2D eigenvalue weighted by Crippen LogP contribution is -2.33. The summed E-state index contributed by atoms with van der Waals surface area (Å²) in [5.41, 5.74) is 9.56. The number of ether oxygens (including phenoxy) is 1. The molecule has 4 heteroatoms. The van der Waals surface area contributed by atoms with E-state index >= 15 is 0 Å². The Balaban J connectivity index is 1.63. The minimum Gasteiger partial charge on any atom is -0.495 e. The molecule has 1 aliphatic carbocycles. The molecule has 0 aliphatic heterocycles. The van der Waals surface area contributed by atoms with Gasteiger partial charge in [-0.25, -0.2) is 0 Å². The second-order valence-corrected chi connectivity index (χ2v) is 5.27. The molecule has 1 atom stereocenters. The normalized spacial score (nSPS) is 15.8. The molecule has 21 heavy (non-hydrogen) atoms. The van der Waals surface area contributed by atoms with Gasteiger partial charge in [0.25, 0.3) is 5.91 Å². The third-order valence-electron chi connectivity index (χ3n) is 3.97. The molecule has 3 N–H and O–H groups in total. The first kappa shape index (κ1) is 13.5. The van der Waals surface area contributed by atoms with Gasteiger partial charge in [0, 0.05) is 18.0 Å². The number of hydrogen-bond acceptors (Lipinski definition) is 3. The molecule has 0 saturated carbocycles. The summed E-state index contributed by atoms with van der Waals surface area (Å²) in [5, 5.41) is 2.98.